The molecule has 2 aromatic rings. The van der Waals surface area contributed by atoms with Crippen molar-refractivity contribution >= 4 is 17.1 Å². The van der Waals surface area contributed by atoms with E-state index in [-0.39, 0.29) is 30.0 Å². The molecule has 3 rings (SSSR count). The zero-order valence-electron chi connectivity index (χ0n) is 11.9. The first-order valence-corrected chi connectivity index (χ1v) is 6.21. The number of hydrogen-bond donors (Lipinski definition) is 4. The molecule has 4 N–H and O–H groups in total. The van der Waals surface area contributed by atoms with Crippen molar-refractivity contribution in [2.24, 2.45) is 0 Å². The van der Waals surface area contributed by atoms with Crippen LogP contribution < -0.4 is 29.5 Å². The van der Waals surface area contributed by atoms with E-state index >= 15 is 0 Å². The summed E-state index contributed by atoms with van der Waals surface area (Å²) in [6.07, 6.45) is -3.05. The maximum atomic E-state index is 11.6. The molecular formula is C11H11LiN4O7. The van der Waals surface area contributed by atoms with Gasteiger partial charge in [0.2, 0.25) is 5.72 Å². The van der Waals surface area contributed by atoms with Gasteiger partial charge in [-0.25, -0.2) is 9.97 Å². The minimum atomic E-state index is -2.57. The van der Waals surface area contributed by atoms with Crippen LogP contribution in [-0.4, -0.2) is 65.7 Å². The first-order valence-electron chi connectivity index (χ1n) is 6.21. The fourth-order valence-corrected chi connectivity index (χ4v) is 2.51. The SMILES string of the molecule is O=C([O-])[C@@]1(n2cnc3c(=O)[nH]cnc32)O[C@H](CO)[C@@H](O)[C@H]1O.[Li+]. The number of aromatic nitrogens is 4. The molecule has 0 saturated carbocycles. The van der Waals surface area contributed by atoms with Crippen LogP contribution in [0.1, 0.15) is 0 Å². The number of ether oxygens (including phenoxy) is 1. The van der Waals surface area contributed by atoms with E-state index in [1.807, 2.05) is 0 Å². The van der Waals surface area contributed by atoms with Crippen molar-refractivity contribution < 1.29 is 48.8 Å². The van der Waals surface area contributed by atoms with E-state index in [4.69, 9.17) is 9.84 Å². The van der Waals surface area contributed by atoms with Gasteiger partial charge in [-0.15, -0.1) is 0 Å². The van der Waals surface area contributed by atoms with Crippen molar-refractivity contribution in [3.63, 3.8) is 0 Å². The molecule has 3 heterocycles. The zero-order chi connectivity index (χ0) is 16.1. The zero-order valence-corrected chi connectivity index (χ0v) is 11.9. The minimum Gasteiger partial charge on any atom is -0.545 e. The fourth-order valence-electron chi connectivity index (χ4n) is 2.51. The molecular weight excluding hydrogens is 307 g/mol. The molecule has 4 atom stereocenters. The van der Waals surface area contributed by atoms with Gasteiger partial charge in [-0.1, -0.05) is 0 Å². The summed E-state index contributed by atoms with van der Waals surface area (Å²) >= 11 is 0. The van der Waals surface area contributed by atoms with Gasteiger partial charge in [0, 0.05) is 0 Å². The first-order chi connectivity index (χ1) is 10.4. The summed E-state index contributed by atoms with van der Waals surface area (Å²) in [5.74, 6) is -1.88. The molecule has 1 saturated heterocycles. The summed E-state index contributed by atoms with van der Waals surface area (Å²) < 4.78 is 5.92. The standard InChI is InChI=1S/C11H12N4O7.Li/c16-1-4-6(17)7(18)11(22-4,10(20)21)15-3-14-5-8(15)12-2-13-9(5)19;/h2-4,6-7,16-18H,1H2,(H,20,21)(H,12,13,19);/q;+1/p-1/t4-,6-,7-,11+;/m1./s1. The largest absolute Gasteiger partial charge is 1.00 e. The monoisotopic (exact) mass is 318 g/mol. The Balaban J connectivity index is 0.00000192. The first kappa shape index (κ1) is 17.6. The van der Waals surface area contributed by atoms with Crippen molar-refractivity contribution in [1.29, 1.82) is 0 Å². The van der Waals surface area contributed by atoms with Gasteiger partial charge in [0.05, 0.1) is 18.9 Å². The van der Waals surface area contributed by atoms with E-state index in [0.717, 1.165) is 17.2 Å². The minimum absolute atomic E-state index is 0. The quantitative estimate of drug-likeness (QED) is 0.401. The summed E-state index contributed by atoms with van der Waals surface area (Å²) in [5.41, 5.74) is -3.55. The van der Waals surface area contributed by atoms with E-state index < -0.39 is 42.2 Å². The fraction of sp³-hybridized carbons (Fsp3) is 0.455. The maximum absolute atomic E-state index is 11.6. The van der Waals surface area contributed by atoms with E-state index in [1.54, 1.807) is 0 Å². The average molecular weight is 318 g/mol. The number of nitrogens with zero attached hydrogens (tertiary/aromatic N) is 3. The molecule has 11 nitrogen and oxygen atoms in total. The Hall–Kier alpha value is -1.74. The van der Waals surface area contributed by atoms with Crippen molar-refractivity contribution in [2.75, 3.05) is 6.61 Å². The van der Waals surface area contributed by atoms with Crippen LogP contribution >= 0.6 is 0 Å². The molecule has 12 heteroatoms. The molecule has 0 bridgehead atoms. The number of H-pyrrole nitrogens is 1. The molecule has 0 spiro atoms. The molecule has 23 heavy (non-hydrogen) atoms. The molecule has 0 radical (unpaired) electrons. The number of aliphatic hydroxyl groups is 3. The summed E-state index contributed by atoms with van der Waals surface area (Å²) in [4.78, 5) is 33.0. The molecule has 0 aliphatic carbocycles. The van der Waals surface area contributed by atoms with Crippen LogP contribution in [0.4, 0.5) is 0 Å². The summed E-state index contributed by atoms with van der Waals surface area (Å²) in [6.45, 7) is -0.728. The number of carboxylic acid groups (broad SMARTS) is 1. The predicted molar refractivity (Wildman–Crippen MR) is 65.1 cm³/mol. The second-order valence-electron chi connectivity index (χ2n) is 4.78. The molecule has 1 aliphatic rings. The summed E-state index contributed by atoms with van der Waals surface area (Å²) in [7, 11) is 0. The number of nitrogens with one attached hydrogen (secondary N) is 1. The van der Waals surface area contributed by atoms with Crippen LogP contribution in [0.2, 0.25) is 0 Å². The number of aliphatic carboxylic acids is 1. The molecule has 0 amide bonds. The smallest absolute Gasteiger partial charge is 0.545 e. The van der Waals surface area contributed by atoms with E-state index in [2.05, 4.69) is 15.0 Å². The van der Waals surface area contributed by atoms with E-state index in [0.29, 0.717) is 0 Å². The average Bonchev–Trinajstić information content (AvgIpc) is 3.02. The van der Waals surface area contributed by atoms with Gasteiger partial charge in [-0.2, -0.15) is 0 Å². The van der Waals surface area contributed by atoms with Crippen molar-refractivity contribution in [3.05, 3.63) is 23.0 Å². The number of carbonyl (C=O) groups is 1. The number of fused-ring (bicyclic) bond motifs is 1. The Labute approximate surface area is 139 Å². The number of carboxylic acids is 1. The maximum Gasteiger partial charge on any atom is 1.00 e. The Bertz CT molecular complexity index is 792. The molecule has 1 aliphatic heterocycles. The van der Waals surface area contributed by atoms with Crippen molar-refractivity contribution in [2.45, 2.75) is 24.0 Å². The van der Waals surface area contributed by atoms with Gasteiger partial charge < -0.3 is 34.9 Å². The van der Waals surface area contributed by atoms with Crippen LogP contribution in [0.3, 0.4) is 0 Å². The van der Waals surface area contributed by atoms with Gasteiger partial charge in [0.25, 0.3) is 5.56 Å². The van der Waals surface area contributed by atoms with Gasteiger partial charge >= 0.3 is 18.9 Å². The van der Waals surface area contributed by atoms with Gasteiger partial charge in [-0.05, 0) is 0 Å². The van der Waals surface area contributed by atoms with Crippen molar-refractivity contribution in [1.82, 2.24) is 19.5 Å². The Morgan fingerprint density at radius 3 is 2.74 bits per heavy atom. The van der Waals surface area contributed by atoms with Crippen LogP contribution in [0.15, 0.2) is 17.4 Å². The Morgan fingerprint density at radius 2 is 2.17 bits per heavy atom. The second-order valence-corrected chi connectivity index (χ2v) is 4.78. The normalized spacial score (nSPS) is 30.3. The number of carbonyl (C=O) groups excluding carboxylic acids is 1. The number of hydrogen-bond acceptors (Lipinski definition) is 9. The van der Waals surface area contributed by atoms with E-state index in [9.17, 15) is 24.9 Å². The molecule has 2 aromatic heterocycles. The van der Waals surface area contributed by atoms with Crippen LogP contribution in [0.25, 0.3) is 11.2 Å². The molecule has 118 valence electrons. The third-order valence-electron chi connectivity index (χ3n) is 3.61. The summed E-state index contributed by atoms with van der Waals surface area (Å²) in [5, 5.41) is 40.7. The van der Waals surface area contributed by atoms with E-state index in [1.165, 1.54) is 0 Å². The molecule has 0 unspecified atom stereocenters. The van der Waals surface area contributed by atoms with Crippen LogP contribution in [0, 0.1) is 0 Å². The number of aromatic amines is 1. The Kier molecular flexibility index (Phi) is 4.63. The predicted octanol–water partition coefficient (Wildman–Crippen LogP) is -7.36. The van der Waals surface area contributed by atoms with Crippen molar-refractivity contribution in [3.8, 4) is 0 Å². The molecule has 0 aromatic carbocycles. The number of imidazole rings is 1. The van der Waals surface area contributed by atoms with Crippen LogP contribution in [-0.2, 0) is 15.3 Å². The second kappa shape index (κ2) is 6.04. The van der Waals surface area contributed by atoms with Gasteiger partial charge in [-0.3, -0.25) is 9.36 Å². The number of rotatable bonds is 3. The molecule has 1 fully saturated rings. The third kappa shape index (κ3) is 2.29. The summed E-state index contributed by atoms with van der Waals surface area (Å²) in [6, 6.07) is 0. The number of aliphatic hydroxyl groups excluding tert-OH is 3. The Morgan fingerprint density at radius 1 is 1.48 bits per heavy atom. The van der Waals surface area contributed by atoms with Gasteiger partial charge in [0.1, 0.15) is 24.6 Å². The van der Waals surface area contributed by atoms with Crippen LogP contribution in [0.5, 0.6) is 0 Å². The topological polar surface area (TPSA) is 174 Å². The third-order valence-corrected chi connectivity index (χ3v) is 3.61. The van der Waals surface area contributed by atoms with Gasteiger partial charge in [0.15, 0.2) is 11.2 Å².